The van der Waals surface area contributed by atoms with Crippen LogP contribution in [0.1, 0.15) is 27.2 Å². The fraction of sp³-hybridized carbons (Fsp3) is 0.292. The fourth-order valence-corrected chi connectivity index (χ4v) is 4.78. The van der Waals surface area contributed by atoms with E-state index in [1.165, 1.54) is 14.2 Å². The zero-order valence-electron chi connectivity index (χ0n) is 18.6. The molecule has 0 radical (unpaired) electrons. The highest BCUT2D eigenvalue weighted by Gasteiger charge is 2.26. The first-order chi connectivity index (χ1) is 16.1. The van der Waals surface area contributed by atoms with Crippen molar-refractivity contribution in [1.82, 2.24) is 15.1 Å². The van der Waals surface area contributed by atoms with E-state index in [0.29, 0.717) is 29.4 Å². The van der Waals surface area contributed by atoms with E-state index in [1.54, 1.807) is 34.6 Å². The molecule has 0 atom stereocenters. The normalized spacial score (nSPS) is 12.2. The van der Waals surface area contributed by atoms with Crippen molar-refractivity contribution in [1.29, 1.82) is 0 Å². The van der Waals surface area contributed by atoms with E-state index >= 15 is 0 Å². The molecule has 0 saturated carbocycles. The Labute approximate surface area is 196 Å². The van der Waals surface area contributed by atoms with Crippen LogP contribution in [0, 0.1) is 0 Å². The van der Waals surface area contributed by atoms with E-state index in [-0.39, 0.29) is 18.4 Å². The standard InChI is InChI=1S/C24H26N4O4S/c1-31-20-10-6-9-17(22(20)32-2)24(30)26-23-18-14-33-15-19(18)27-28(23)13-21(29)25-12-11-16-7-4-3-5-8-16/h3-10H,11-15H2,1-2H3,(H,25,29)(H,26,30). The molecular weight excluding hydrogens is 440 g/mol. The van der Waals surface area contributed by atoms with Gasteiger partial charge in [0, 0.05) is 23.6 Å². The number of para-hydroxylation sites is 1. The second-order valence-corrected chi connectivity index (χ2v) is 8.49. The Morgan fingerprint density at radius 1 is 1.06 bits per heavy atom. The third-order valence-corrected chi connectivity index (χ3v) is 6.34. The predicted molar refractivity (Wildman–Crippen MR) is 128 cm³/mol. The number of anilines is 1. The summed E-state index contributed by atoms with van der Waals surface area (Å²) in [6.45, 7) is 0.555. The lowest BCUT2D eigenvalue weighted by Crippen LogP contribution is -2.30. The minimum atomic E-state index is -0.351. The summed E-state index contributed by atoms with van der Waals surface area (Å²) in [5.74, 6) is 2.35. The minimum absolute atomic E-state index is 0.0251. The first-order valence-corrected chi connectivity index (χ1v) is 11.8. The van der Waals surface area contributed by atoms with Crippen LogP contribution in [-0.4, -0.2) is 42.4 Å². The van der Waals surface area contributed by atoms with Crippen LogP contribution in [-0.2, 0) is 29.3 Å². The highest BCUT2D eigenvalue weighted by Crippen LogP contribution is 2.36. The number of carbonyl (C=O) groups excluding carboxylic acids is 2. The number of carbonyl (C=O) groups is 2. The van der Waals surface area contributed by atoms with Crippen molar-refractivity contribution in [3.05, 3.63) is 70.9 Å². The lowest BCUT2D eigenvalue weighted by Gasteiger charge is -2.14. The van der Waals surface area contributed by atoms with Gasteiger partial charge in [-0.25, -0.2) is 4.68 Å². The zero-order chi connectivity index (χ0) is 23.2. The SMILES string of the molecule is COc1cccc(C(=O)Nc2c3c(nn2CC(=O)NCCc2ccccc2)CSC3)c1OC. The Kier molecular flexibility index (Phi) is 7.19. The molecule has 8 nitrogen and oxygen atoms in total. The number of rotatable bonds is 9. The lowest BCUT2D eigenvalue weighted by atomic mass is 10.1. The van der Waals surface area contributed by atoms with Crippen LogP contribution in [0.5, 0.6) is 11.5 Å². The second-order valence-electron chi connectivity index (χ2n) is 7.51. The fourth-order valence-electron chi connectivity index (χ4n) is 3.74. The molecule has 1 aliphatic rings. The van der Waals surface area contributed by atoms with E-state index in [9.17, 15) is 9.59 Å². The van der Waals surface area contributed by atoms with Gasteiger partial charge in [0.15, 0.2) is 11.5 Å². The average Bonchev–Trinajstić information content (AvgIpc) is 3.41. The van der Waals surface area contributed by atoms with E-state index in [2.05, 4.69) is 15.7 Å². The van der Waals surface area contributed by atoms with Gasteiger partial charge in [0.25, 0.3) is 5.91 Å². The van der Waals surface area contributed by atoms with Gasteiger partial charge in [-0.05, 0) is 24.1 Å². The number of thioether (sulfide) groups is 1. The summed E-state index contributed by atoms with van der Waals surface area (Å²) in [4.78, 5) is 25.7. The smallest absolute Gasteiger partial charge is 0.260 e. The molecule has 172 valence electrons. The molecule has 33 heavy (non-hydrogen) atoms. The molecule has 0 fully saturated rings. The van der Waals surface area contributed by atoms with Crippen molar-refractivity contribution in [3.63, 3.8) is 0 Å². The predicted octanol–water partition coefficient (Wildman–Crippen LogP) is 3.26. The molecule has 4 rings (SSSR count). The third kappa shape index (κ3) is 5.14. The van der Waals surface area contributed by atoms with Gasteiger partial charge in [0.1, 0.15) is 12.4 Å². The molecule has 9 heteroatoms. The summed E-state index contributed by atoms with van der Waals surface area (Å²) in [6.07, 6.45) is 0.748. The summed E-state index contributed by atoms with van der Waals surface area (Å²) >= 11 is 1.73. The van der Waals surface area contributed by atoms with E-state index in [1.807, 2.05) is 30.3 Å². The van der Waals surface area contributed by atoms with E-state index in [0.717, 1.165) is 34.7 Å². The van der Waals surface area contributed by atoms with Crippen LogP contribution in [0.2, 0.25) is 0 Å². The van der Waals surface area contributed by atoms with Gasteiger partial charge >= 0.3 is 0 Å². The number of hydrogen-bond donors (Lipinski definition) is 2. The number of benzene rings is 2. The van der Waals surface area contributed by atoms with Crippen molar-refractivity contribution >= 4 is 29.4 Å². The number of nitrogens with zero attached hydrogens (tertiary/aromatic N) is 2. The van der Waals surface area contributed by atoms with Crippen LogP contribution in [0.25, 0.3) is 0 Å². The summed E-state index contributed by atoms with van der Waals surface area (Å²) < 4.78 is 12.3. The molecule has 3 aromatic rings. The molecule has 2 aromatic carbocycles. The largest absolute Gasteiger partial charge is 0.493 e. The van der Waals surface area contributed by atoms with Gasteiger partial charge in [-0.3, -0.25) is 9.59 Å². The number of nitrogens with one attached hydrogen (secondary N) is 2. The maximum atomic E-state index is 13.1. The Morgan fingerprint density at radius 3 is 2.64 bits per heavy atom. The molecule has 1 aliphatic heterocycles. The van der Waals surface area contributed by atoms with Gasteiger partial charge in [-0.2, -0.15) is 16.9 Å². The molecule has 0 unspecified atom stereocenters. The Bertz CT molecular complexity index is 1150. The second kappa shape index (κ2) is 10.4. The molecule has 0 spiro atoms. The van der Waals surface area contributed by atoms with Crippen LogP contribution in [0.15, 0.2) is 48.5 Å². The van der Waals surface area contributed by atoms with Gasteiger partial charge in [-0.1, -0.05) is 36.4 Å². The Hall–Kier alpha value is -3.46. The summed E-state index contributed by atoms with van der Waals surface area (Å²) in [6, 6.07) is 15.1. The van der Waals surface area contributed by atoms with Crippen molar-refractivity contribution in [2.24, 2.45) is 0 Å². The van der Waals surface area contributed by atoms with Crippen LogP contribution >= 0.6 is 11.8 Å². The Morgan fingerprint density at radius 2 is 1.88 bits per heavy atom. The van der Waals surface area contributed by atoms with Gasteiger partial charge in [-0.15, -0.1) is 0 Å². The summed E-state index contributed by atoms with van der Waals surface area (Å²) in [5.41, 5.74) is 3.35. The topological polar surface area (TPSA) is 94.5 Å². The Balaban J connectivity index is 1.48. The monoisotopic (exact) mass is 466 g/mol. The number of amides is 2. The molecule has 1 aromatic heterocycles. The molecule has 0 bridgehead atoms. The van der Waals surface area contributed by atoms with Crippen molar-refractivity contribution in [2.45, 2.75) is 24.5 Å². The molecule has 2 amide bonds. The quantitative estimate of drug-likeness (QED) is 0.503. The van der Waals surface area contributed by atoms with Gasteiger partial charge < -0.3 is 20.1 Å². The van der Waals surface area contributed by atoms with E-state index in [4.69, 9.17) is 9.47 Å². The van der Waals surface area contributed by atoms with Crippen LogP contribution in [0.4, 0.5) is 5.82 Å². The maximum Gasteiger partial charge on any atom is 0.260 e. The summed E-state index contributed by atoms with van der Waals surface area (Å²) in [5, 5.41) is 10.5. The van der Waals surface area contributed by atoms with Crippen LogP contribution in [0.3, 0.4) is 0 Å². The number of hydrogen-bond acceptors (Lipinski definition) is 6. The molecule has 2 heterocycles. The third-order valence-electron chi connectivity index (χ3n) is 5.37. The van der Waals surface area contributed by atoms with Gasteiger partial charge in [0.05, 0.1) is 25.5 Å². The first-order valence-electron chi connectivity index (χ1n) is 10.6. The van der Waals surface area contributed by atoms with Crippen LogP contribution < -0.4 is 20.1 Å². The van der Waals surface area contributed by atoms with E-state index < -0.39 is 0 Å². The molecular formula is C24H26N4O4S. The molecule has 2 N–H and O–H groups in total. The first kappa shape index (κ1) is 22.7. The lowest BCUT2D eigenvalue weighted by molar-refractivity contribution is -0.121. The van der Waals surface area contributed by atoms with Crippen molar-refractivity contribution in [2.75, 3.05) is 26.1 Å². The number of fused-ring (bicyclic) bond motifs is 1. The molecule has 0 saturated heterocycles. The van der Waals surface area contributed by atoms with Gasteiger partial charge in [0.2, 0.25) is 5.91 Å². The summed E-state index contributed by atoms with van der Waals surface area (Å²) in [7, 11) is 3.02. The molecule has 0 aliphatic carbocycles. The van der Waals surface area contributed by atoms with Crippen molar-refractivity contribution < 1.29 is 19.1 Å². The minimum Gasteiger partial charge on any atom is -0.493 e. The number of methoxy groups -OCH3 is 2. The maximum absolute atomic E-state index is 13.1. The van der Waals surface area contributed by atoms with Crippen molar-refractivity contribution in [3.8, 4) is 11.5 Å². The highest BCUT2D eigenvalue weighted by molar-refractivity contribution is 7.98. The number of aromatic nitrogens is 2. The average molecular weight is 467 g/mol. The zero-order valence-corrected chi connectivity index (χ0v) is 19.4. The number of ether oxygens (including phenoxy) is 2. The highest BCUT2D eigenvalue weighted by atomic mass is 32.2.